The highest BCUT2D eigenvalue weighted by atomic mass is 16.2. The third-order valence-electron chi connectivity index (χ3n) is 4.81. The number of likely N-dealkylation sites (tertiary alicyclic amines) is 1. The fourth-order valence-electron chi connectivity index (χ4n) is 3.13. The van der Waals surface area contributed by atoms with Gasteiger partial charge in [-0.2, -0.15) is 5.10 Å². The Bertz CT molecular complexity index is 714. The summed E-state index contributed by atoms with van der Waals surface area (Å²) in [5.74, 6) is 1.32. The molecule has 0 radical (unpaired) electrons. The van der Waals surface area contributed by atoms with Crippen molar-refractivity contribution in [3.63, 3.8) is 0 Å². The average molecular weight is 324 g/mol. The molecule has 0 bridgehead atoms. The van der Waals surface area contributed by atoms with E-state index in [2.05, 4.69) is 29.4 Å². The Kier molecular flexibility index (Phi) is 4.79. The highest BCUT2D eigenvalue weighted by Crippen LogP contribution is 2.25. The minimum absolute atomic E-state index is 0.104. The number of aromatic nitrogens is 2. The Labute approximate surface area is 143 Å². The molecule has 3 rings (SSSR count). The van der Waals surface area contributed by atoms with Crippen molar-refractivity contribution < 1.29 is 4.79 Å². The summed E-state index contributed by atoms with van der Waals surface area (Å²) in [6, 6.07) is 11.7. The Balaban J connectivity index is 1.77. The largest absolute Gasteiger partial charge is 0.339 e. The van der Waals surface area contributed by atoms with Gasteiger partial charge >= 0.3 is 0 Å². The monoisotopic (exact) mass is 324 g/mol. The van der Waals surface area contributed by atoms with E-state index in [1.807, 2.05) is 48.2 Å². The molecule has 0 aliphatic carbocycles. The summed E-state index contributed by atoms with van der Waals surface area (Å²) in [5, 5.41) is 11.3. The summed E-state index contributed by atoms with van der Waals surface area (Å²) in [7, 11) is 0. The first kappa shape index (κ1) is 16.4. The van der Waals surface area contributed by atoms with Crippen molar-refractivity contribution in [3.8, 4) is 0 Å². The van der Waals surface area contributed by atoms with Crippen molar-refractivity contribution in [1.82, 2.24) is 15.1 Å². The van der Waals surface area contributed by atoms with Crippen LogP contribution in [0.2, 0.25) is 0 Å². The lowest BCUT2D eigenvalue weighted by Crippen LogP contribution is -2.46. The number of piperidine rings is 1. The second-order valence-electron chi connectivity index (χ2n) is 6.62. The molecule has 126 valence electrons. The number of rotatable bonds is 3. The number of carbonyl (C=O) groups excluding carboxylic acids is 1. The van der Waals surface area contributed by atoms with Crippen LogP contribution < -0.4 is 5.32 Å². The highest BCUT2D eigenvalue weighted by Gasteiger charge is 2.28. The van der Waals surface area contributed by atoms with E-state index in [9.17, 15) is 4.79 Å². The van der Waals surface area contributed by atoms with Crippen molar-refractivity contribution in [2.75, 3.05) is 11.9 Å². The van der Waals surface area contributed by atoms with Crippen molar-refractivity contribution in [3.05, 3.63) is 47.7 Å². The lowest BCUT2D eigenvalue weighted by molar-refractivity contribution is 0.0551. The van der Waals surface area contributed by atoms with E-state index in [1.165, 1.54) is 6.42 Å². The quantitative estimate of drug-likeness (QED) is 0.933. The zero-order chi connectivity index (χ0) is 17.1. The second kappa shape index (κ2) is 6.99. The fraction of sp³-hybridized carbons (Fsp3) is 0.421. The van der Waals surface area contributed by atoms with E-state index in [0.717, 1.165) is 24.3 Å². The molecule has 2 aromatic rings. The molecular formula is C19H24N4O. The summed E-state index contributed by atoms with van der Waals surface area (Å²) in [6.07, 6.45) is 2.27. The van der Waals surface area contributed by atoms with Crippen LogP contribution in [0, 0.1) is 12.8 Å². The third kappa shape index (κ3) is 3.55. The van der Waals surface area contributed by atoms with Crippen LogP contribution in [-0.4, -0.2) is 33.6 Å². The van der Waals surface area contributed by atoms with Crippen LogP contribution in [-0.2, 0) is 0 Å². The first-order chi connectivity index (χ1) is 11.5. The van der Waals surface area contributed by atoms with Crippen LogP contribution in [0.4, 0.5) is 11.5 Å². The van der Waals surface area contributed by atoms with Crippen molar-refractivity contribution >= 4 is 17.4 Å². The highest BCUT2D eigenvalue weighted by molar-refractivity contribution is 5.95. The van der Waals surface area contributed by atoms with E-state index in [4.69, 9.17) is 0 Å². The lowest BCUT2D eigenvalue weighted by atomic mass is 9.91. The third-order valence-corrected chi connectivity index (χ3v) is 4.81. The summed E-state index contributed by atoms with van der Waals surface area (Å²) >= 11 is 0. The molecule has 0 spiro atoms. The van der Waals surface area contributed by atoms with Gasteiger partial charge in [0.15, 0.2) is 5.82 Å². The SMILES string of the molecule is Cc1ccc(Nc2cccc(C(=O)N3CCCC(C)C3C)c2)nn1. The smallest absolute Gasteiger partial charge is 0.254 e. The summed E-state index contributed by atoms with van der Waals surface area (Å²) in [6.45, 7) is 7.10. The van der Waals surface area contributed by atoms with Gasteiger partial charge in [0.05, 0.1) is 5.69 Å². The van der Waals surface area contributed by atoms with Crippen LogP contribution in [0.5, 0.6) is 0 Å². The number of hydrogen-bond donors (Lipinski definition) is 1. The molecular weight excluding hydrogens is 300 g/mol. The molecule has 1 aliphatic rings. The van der Waals surface area contributed by atoms with Gasteiger partial charge in [-0.1, -0.05) is 13.0 Å². The maximum absolute atomic E-state index is 12.9. The molecule has 1 aliphatic heterocycles. The van der Waals surface area contributed by atoms with Gasteiger partial charge < -0.3 is 10.2 Å². The Morgan fingerprint density at radius 1 is 1.21 bits per heavy atom. The van der Waals surface area contributed by atoms with Gasteiger partial charge in [0.2, 0.25) is 0 Å². The van der Waals surface area contributed by atoms with Crippen molar-refractivity contribution in [2.45, 2.75) is 39.7 Å². The van der Waals surface area contributed by atoms with Gasteiger partial charge in [-0.3, -0.25) is 4.79 Å². The number of amides is 1. The van der Waals surface area contributed by atoms with Crippen LogP contribution in [0.1, 0.15) is 42.7 Å². The van der Waals surface area contributed by atoms with Gasteiger partial charge in [0.25, 0.3) is 5.91 Å². The van der Waals surface area contributed by atoms with Gasteiger partial charge in [-0.25, -0.2) is 0 Å². The molecule has 1 aromatic carbocycles. The van der Waals surface area contributed by atoms with E-state index >= 15 is 0 Å². The molecule has 1 fully saturated rings. The second-order valence-corrected chi connectivity index (χ2v) is 6.62. The first-order valence-corrected chi connectivity index (χ1v) is 8.53. The Morgan fingerprint density at radius 3 is 2.79 bits per heavy atom. The minimum Gasteiger partial charge on any atom is -0.339 e. The van der Waals surface area contributed by atoms with Crippen molar-refractivity contribution in [2.24, 2.45) is 5.92 Å². The normalized spacial score (nSPS) is 20.7. The lowest BCUT2D eigenvalue weighted by Gasteiger charge is -2.38. The molecule has 1 saturated heterocycles. The molecule has 5 heteroatoms. The number of anilines is 2. The zero-order valence-electron chi connectivity index (χ0n) is 14.5. The van der Waals surface area contributed by atoms with Crippen molar-refractivity contribution in [1.29, 1.82) is 0 Å². The molecule has 5 nitrogen and oxygen atoms in total. The molecule has 24 heavy (non-hydrogen) atoms. The maximum Gasteiger partial charge on any atom is 0.254 e. The number of nitrogens with zero attached hydrogens (tertiary/aromatic N) is 3. The molecule has 1 amide bonds. The zero-order valence-corrected chi connectivity index (χ0v) is 14.5. The molecule has 1 N–H and O–H groups in total. The number of aryl methyl sites for hydroxylation is 1. The summed E-state index contributed by atoms with van der Waals surface area (Å²) in [5.41, 5.74) is 2.43. The van der Waals surface area contributed by atoms with Gasteiger partial charge in [0, 0.05) is 23.8 Å². The van der Waals surface area contributed by atoms with Gasteiger partial charge in [0.1, 0.15) is 0 Å². The van der Waals surface area contributed by atoms with Gasteiger partial charge in [-0.05, 0) is 62.9 Å². The fourth-order valence-corrected chi connectivity index (χ4v) is 3.13. The predicted molar refractivity (Wildman–Crippen MR) is 95.4 cm³/mol. The number of carbonyl (C=O) groups is 1. The molecule has 2 heterocycles. The minimum atomic E-state index is 0.104. The number of nitrogens with one attached hydrogen (secondary N) is 1. The summed E-state index contributed by atoms with van der Waals surface area (Å²) < 4.78 is 0. The molecule has 2 unspecified atom stereocenters. The van der Waals surface area contributed by atoms with Crippen LogP contribution in [0.15, 0.2) is 36.4 Å². The van der Waals surface area contributed by atoms with Crippen LogP contribution in [0.25, 0.3) is 0 Å². The van der Waals surface area contributed by atoms with E-state index in [-0.39, 0.29) is 11.9 Å². The Morgan fingerprint density at radius 2 is 2.04 bits per heavy atom. The number of hydrogen-bond acceptors (Lipinski definition) is 4. The topological polar surface area (TPSA) is 58.1 Å². The van der Waals surface area contributed by atoms with E-state index in [1.54, 1.807) is 0 Å². The summed E-state index contributed by atoms with van der Waals surface area (Å²) in [4.78, 5) is 14.9. The predicted octanol–water partition coefficient (Wildman–Crippen LogP) is 3.79. The van der Waals surface area contributed by atoms with E-state index in [0.29, 0.717) is 17.3 Å². The average Bonchev–Trinajstić information content (AvgIpc) is 2.59. The molecule has 2 atom stereocenters. The molecule has 1 aromatic heterocycles. The Hall–Kier alpha value is -2.43. The number of benzene rings is 1. The van der Waals surface area contributed by atoms with Crippen LogP contribution in [0.3, 0.4) is 0 Å². The van der Waals surface area contributed by atoms with Gasteiger partial charge in [-0.15, -0.1) is 5.10 Å². The van der Waals surface area contributed by atoms with E-state index < -0.39 is 0 Å². The van der Waals surface area contributed by atoms with Crippen LogP contribution >= 0.6 is 0 Å². The maximum atomic E-state index is 12.9. The first-order valence-electron chi connectivity index (χ1n) is 8.53. The standard InChI is InChI=1S/C19H24N4O/c1-13-6-5-11-23(15(13)3)19(24)16-7-4-8-17(12-16)20-18-10-9-14(2)21-22-18/h4,7-10,12-13,15H,5-6,11H2,1-3H3,(H,20,22). The molecule has 0 saturated carbocycles.